The van der Waals surface area contributed by atoms with Gasteiger partial charge in [0.15, 0.2) is 0 Å². The largest absolute Gasteiger partial charge is 0.462 e. The molecule has 0 saturated carbocycles. The first-order valence-corrected chi connectivity index (χ1v) is 8.46. The zero-order valence-electron chi connectivity index (χ0n) is 15.5. The van der Waals surface area contributed by atoms with Crippen LogP contribution in [-0.2, 0) is 25.5 Å². The van der Waals surface area contributed by atoms with Crippen molar-refractivity contribution in [3.8, 4) is 0 Å². The zero-order valence-corrected chi connectivity index (χ0v) is 15.5. The first-order valence-electron chi connectivity index (χ1n) is 8.46. The Kier molecular flexibility index (Phi) is 8.35. The Hall–Kier alpha value is -2.14. The number of hydrogen-bond acceptors (Lipinski definition) is 5. The Balaban J connectivity index is 2.45. The second-order valence-electron chi connectivity index (χ2n) is 6.72. The Bertz CT molecular complexity index is 589. The average molecular weight is 348 g/mol. The molecule has 0 aromatic heterocycles. The lowest BCUT2D eigenvalue weighted by Crippen LogP contribution is -2.26. The van der Waals surface area contributed by atoms with Crippen molar-refractivity contribution in [1.82, 2.24) is 0 Å². The van der Waals surface area contributed by atoms with Gasteiger partial charge in [0.2, 0.25) is 0 Å². The van der Waals surface area contributed by atoms with Gasteiger partial charge in [0, 0.05) is 5.57 Å². The quantitative estimate of drug-likeness (QED) is 0.548. The molecule has 1 N–H and O–H groups in total. The number of ether oxygens (including phenoxy) is 2. The molecule has 1 aromatic rings. The number of benzene rings is 1. The maximum Gasteiger partial charge on any atom is 0.333 e. The van der Waals surface area contributed by atoms with Crippen molar-refractivity contribution in [3.05, 3.63) is 47.5 Å². The molecule has 0 aliphatic rings. The highest BCUT2D eigenvalue weighted by atomic mass is 16.6. The minimum atomic E-state index is -1.06. The molecule has 0 aliphatic heterocycles. The third-order valence-corrected chi connectivity index (χ3v) is 3.65. The second-order valence-corrected chi connectivity index (χ2v) is 6.72. The Morgan fingerprint density at radius 3 is 2.16 bits per heavy atom. The molecule has 2 atom stereocenters. The summed E-state index contributed by atoms with van der Waals surface area (Å²) >= 11 is 0. The van der Waals surface area contributed by atoms with Crippen LogP contribution in [0.15, 0.2) is 36.4 Å². The Labute approximate surface area is 149 Å². The number of hydrogen-bond donors (Lipinski definition) is 1. The minimum absolute atomic E-state index is 0.224. The molecule has 5 heteroatoms. The van der Waals surface area contributed by atoms with E-state index in [9.17, 15) is 14.7 Å². The molecule has 0 saturated heterocycles. The minimum Gasteiger partial charge on any atom is -0.462 e. The van der Waals surface area contributed by atoms with Gasteiger partial charge in [-0.2, -0.15) is 0 Å². The smallest absolute Gasteiger partial charge is 0.333 e. The molecule has 0 radical (unpaired) electrons. The SMILES string of the molecule is C=C(C)C(=O)OCC(O)COC(=O)C(C)c1ccc(CC(C)C)cc1. The van der Waals surface area contributed by atoms with Crippen LogP contribution in [0, 0.1) is 5.92 Å². The molecule has 25 heavy (non-hydrogen) atoms. The van der Waals surface area contributed by atoms with Crippen LogP contribution >= 0.6 is 0 Å². The third-order valence-electron chi connectivity index (χ3n) is 3.65. The van der Waals surface area contributed by atoms with Crippen LogP contribution in [0.2, 0.25) is 0 Å². The normalized spacial score (nSPS) is 13.2. The van der Waals surface area contributed by atoms with Gasteiger partial charge >= 0.3 is 11.9 Å². The van der Waals surface area contributed by atoms with Crippen molar-refractivity contribution < 1.29 is 24.2 Å². The number of carbonyl (C=O) groups is 2. The number of esters is 2. The zero-order chi connectivity index (χ0) is 19.0. The van der Waals surface area contributed by atoms with E-state index >= 15 is 0 Å². The molecular weight excluding hydrogens is 320 g/mol. The van der Waals surface area contributed by atoms with Gasteiger partial charge in [-0.05, 0) is 37.3 Å². The monoisotopic (exact) mass is 348 g/mol. The van der Waals surface area contributed by atoms with Crippen LogP contribution in [-0.4, -0.2) is 36.4 Å². The van der Waals surface area contributed by atoms with Gasteiger partial charge in [0.1, 0.15) is 19.3 Å². The summed E-state index contributed by atoms with van der Waals surface area (Å²) < 4.78 is 9.91. The van der Waals surface area contributed by atoms with Crippen LogP contribution in [0.4, 0.5) is 0 Å². The fraction of sp³-hybridized carbons (Fsp3) is 0.500. The molecule has 0 aliphatic carbocycles. The van der Waals surface area contributed by atoms with Gasteiger partial charge in [-0.1, -0.05) is 44.7 Å². The van der Waals surface area contributed by atoms with Gasteiger partial charge in [-0.15, -0.1) is 0 Å². The van der Waals surface area contributed by atoms with E-state index in [4.69, 9.17) is 9.47 Å². The van der Waals surface area contributed by atoms with E-state index in [0.29, 0.717) is 5.92 Å². The van der Waals surface area contributed by atoms with Crippen LogP contribution in [0.25, 0.3) is 0 Å². The maximum absolute atomic E-state index is 12.1. The number of rotatable bonds is 9. The summed E-state index contributed by atoms with van der Waals surface area (Å²) in [7, 11) is 0. The van der Waals surface area contributed by atoms with Crippen LogP contribution < -0.4 is 0 Å². The number of aliphatic hydroxyl groups is 1. The summed E-state index contributed by atoms with van der Waals surface area (Å²) in [5.74, 6) is -0.867. The van der Waals surface area contributed by atoms with Crippen molar-refractivity contribution in [2.75, 3.05) is 13.2 Å². The van der Waals surface area contributed by atoms with E-state index in [1.165, 1.54) is 12.5 Å². The van der Waals surface area contributed by atoms with Gasteiger partial charge in [-0.3, -0.25) is 4.79 Å². The fourth-order valence-corrected chi connectivity index (χ4v) is 2.20. The average Bonchev–Trinajstić information content (AvgIpc) is 2.56. The molecule has 0 spiro atoms. The summed E-state index contributed by atoms with van der Waals surface area (Å²) in [4.78, 5) is 23.3. The van der Waals surface area contributed by atoms with Crippen LogP contribution in [0.1, 0.15) is 44.7 Å². The molecule has 0 heterocycles. The Morgan fingerprint density at radius 2 is 1.64 bits per heavy atom. The third kappa shape index (κ3) is 7.52. The lowest BCUT2D eigenvalue weighted by molar-refractivity contribution is -0.151. The molecule has 1 rings (SSSR count). The van der Waals surface area contributed by atoms with Gasteiger partial charge < -0.3 is 14.6 Å². The van der Waals surface area contributed by atoms with Gasteiger partial charge in [0.25, 0.3) is 0 Å². The maximum atomic E-state index is 12.1. The molecule has 0 bridgehead atoms. The van der Waals surface area contributed by atoms with E-state index in [0.717, 1.165) is 12.0 Å². The first kappa shape index (κ1) is 20.9. The van der Waals surface area contributed by atoms with E-state index < -0.39 is 24.0 Å². The van der Waals surface area contributed by atoms with Crippen LogP contribution in [0.5, 0.6) is 0 Å². The molecule has 138 valence electrons. The van der Waals surface area contributed by atoms with E-state index in [2.05, 4.69) is 20.4 Å². The van der Waals surface area contributed by atoms with Crippen molar-refractivity contribution in [3.63, 3.8) is 0 Å². The molecule has 0 amide bonds. The topological polar surface area (TPSA) is 72.8 Å². The highest BCUT2D eigenvalue weighted by Gasteiger charge is 2.19. The lowest BCUT2D eigenvalue weighted by atomic mass is 9.97. The first-order chi connectivity index (χ1) is 11.7. The van der Waals surface area contributed by atoms with Gasteiger partial charge in [0.05, 0.1) is 5.92 Å². The lowest BCUT2D eigenvalue weighted by Gasteiger charge is -2.15. The summed E-state index contributed by atoms with van der Waals surface area (Å²) in [6.07, 6.45) is -0.0679. The fourth-order valence-electron chi connectivity index (χ4n) is 2.20. The van der Waals surface area contributed by atoms with Crippen molar-refractivity contribution >= 4 is 11.9 Å². The van der Waals surface area contributed by atoms with E-state index in [1.807, 2.05) is 24.3 Å². The van der Waals surface area contributed by atoms with Crippen molar-refractivity contribution in [1.29, 1.82) is 0 Å². The second kappa shape index (κ2) is 9.99. The summed E-state index contributed by atoms with van der Waals surface area (Å²) in [6.45, 7) is 10.6. The van der Waals surface area contributed by atoms with Crippen molar-refractivity contribution in [2.45, 2.75) is 46.1 Å². The highest BCUT2D eigenvalue weighted by Crippen LogP contribution is 2.19. The molecule has 1 aromatic carbocycles. The van der Waals surface area contributed by atoms with Crippen molar-refractivity contribution in [2.24, 2.45) is 5.92 Å². The molecule has 2 unspecified atom stereocenters. The molecule has 5 nitrogen and oxygen atoms in total. The standard InChI is InChI=1S/C20H28O5/c1-13(2)10-16-6-8-17(9-7-16)15(5)20(23)25-12-18(21)11-24-19(22)14(3)4/h6-9,13,15,18,21H,3,10-12H2,1-2,4-5H3. The summed E-state index contributed by atoms with van der Waals surface area (Å²) in [6, 6.07) is 7.89. The summed E-state index contributed by atoms with van der Waals surface area (Å²) in [5.41, 5.74) is 2.34. The van der Waals surface area contributed by atoms with E-state index in [1.54, 1.807) is 6.92 Å². The molecule has 0 fully saturated rings. The van der Waals surface area contributed by atoms with Gasteiger partial charge in [-0.25, -0.2) is 4.79 Å². The highest BCUT2D eigenvalue weighted by molar-refractivity contribution is 5.86. The molecular formula is C20H28O5. The van der Waals surface area contributed by atoms with E-state index in [-0.39, 0.29) is 18.8 Å². The number of aliphatic hydroxyl groups excluding tert-OH is 1. The number of carbonyl (C=O) groups excluding carboxylic acids is 2. The Morgan fingerprint density at radius 1 is 1.08 bits per heavy atom. The summed E-state index contributed by atoms with van der Waals surface area (Å²) in [5, 5.41) is 9.72. The predicted octanol–water partition coefficient (Wildman–Crippen LogP) is 3.01. The predicted molar refractivity (Wildman–Crippen MR) is 96.1 cm³/mol. The van der Waals surface area contributed by atoms with Crippen LogP contribution in [0.3, 0.4) is 0 Å².